The van der Waals surface area contributed by atoms with Gasteiger partial charge in [0.15, 0.2) is 5.96 Å². The molecule has 2 rings (SSSR count). The van der Waals surface area contributed by atoms with E-state index >= 15 is 0 Å². The Balaban J connectivity index is 0.00000392. The molecule has 0 saturated carbocycles. The Morgan fingerprint density at radius 2 is 2.00 bits per heavy atom. The fraction of sp³-hybridized carbons (Fsp3) is 0.900. The first kappa shape index (κ1) is 25.4. The first-order chi connectivity index (χ1) is 13.1. The molecule has 0 aromatic rings. The highest BCUT2D eigenvalue weighted by Crippen LogP contribution is 2.18. The molecule has 1 amide bonds. The van der Waals surface area contributed by atoms with E-state index in [2.05, 4.69) is 22.1 Å². The van der Waals surface area contributed by atoms with Crippen molar-refractivity contribution in [2.45, 2.75) is 64.1 Å². The Morgan fingerprint density at radius 1 is 1.25 bits per heavy atom. The van der Waals surface area contributed by atoms with E-state index in [1.807, 2.05) is 0 Å². The Bertz CT molecular complexity index is 462. The zero-order valence-electron chi connectivity index (χ0n) is 17.8. The maximum absolute atomic E-state index is 11.9. The molecule has 0 bridgehead atoms. The van der Waals surface area contributed by atoms with Crippen LogP contribution in [-0.4, -0.2) is 87.4 Å². The van der Waals surface area contributed by atoms with Crippen LogP contribution in [0.25, 0.3) is 0 Å². The zero-order chi connectivity index (χ0) is 19.5. The number of aliphatic imine (C=N–C) groups is 1. The molecule has 2 heterocycles. The normalized spacial score (nSPS) is 21.2. The molecule has 0 aliphatic carbocycles. The van der Waals surface area contributed by atoms with Gasteiger partial charge in [0.05, 0.1) is 18.8 Å². The SMILES string of the molecule is CCCCNC(=NCC(=O)N(C)C)N1CCC(OCC2CCCCO2)CC1.I. The van der Waals surface area contributed by atoms with Crippen LogP contribution in [0.2, 0.25) is 0 Å². The van der Waals surface area contributed by atoms with Gasteiger partial charge in [-0.25, -0.2) is 4.99 Å². The number of likely N-dealkylation sites (tertiary alicyclic amines) is 1. The second kappa shape index (κ2) is 14.4. The minimum Gasteiger partial charge on any atom is -0.376 e. The van der Waals surface area contributed by atoms with Crippen LogP contribution in [0.15, 0.2) is 4.99 Å². The third-order valence-corrected chi connectivity index (χ3v) is 5.21. The Kier molecular flexibility index (Phi) is 13.1. The minimum absolute atomic E-state index is 0. The number of carbonyl (C=O) groups is 1. The van der Waals surface area contributed by atoms with Crippen LogP contribution in [0.4, 0.5) is 0 Å². The summed E-state index contributed by atoms with van der Waals surface area (Å²) in [6.45, 7) is 6.67. The third-order valence-electron chi connectivity index (χ3n) is 5.21. The van der Waals surface area contributed by atoms with Crippen LogP contribution in [0.5, 0.6) is 0 Å². The fourth-order valence-corrected chi connectivity index (χ4v) is 3.35. The van der Waals surface area contributed by atoms with Crippen LogP contribution in [0, 0.1) is 0 Å². The highest BCUT2D eigenvalue weighted by Gasteiger charge is 2.24. The van der Waals surface area contributed by atoms with Crippen molar-refractivity contribution in [2.75, 3.05) is 53.5 Å². The summed E-state index contributed by atoms with van der Waals surface area (Å²) in [6.07, 6.45) is 8.34. The fourth-order valence-electron chi connectivity index (χ4n) is 3.35. The number of unbranched alkanes of at least 4 members (excludes halogenated alkanes) is 1. The molecule has 1 unspecified atom stereocenters. The van der Waals surface area contributed by atoms with E-state index < -0.39 is 0 Å². The monoisotopic (exact) mass is 510 g/mol. The molecule has 0 spiro atoms. The lowest BCUT2D eigenvalue weighted by molar-refractivity contribution is -0.127. The van der Waals surface area contributed by atoms with Gasteiger partial charge >= 0.3 is 0 Å². The molecule has 1 N–H and O–H groups in total. The Morgan fingerprint density at radius 3 is 2.61 bits per heavy atom. The number of piperidine rings is 1. The second-order valence-electron chi connectivity index (χ2n) is 7.72. The molecule has 0 aromatic carbocycles. The summed E-state index contributed by atoms with van der Waals surface area (Å²) >= 11 is 0. The van der Waals surface area contributed by atoms with Crippen molar-refractivity contribution in [3.63, 3.8) is 0 Å². The van der Waals surface area contributed by atoms with Gasteiger partial charge in [0.25, 0.3) is 0 Å². The summed E-state index contributed by atoms with van der Waals surface area (Å²) in [5.74, 6) is 0.878. The summed E-state index contributed by atoms with van der Waals surface area (Å²) in [7, 11) is 3.53. The van der Waals surface area contributed by atoms with E-state index in [9.17, 15) is 4.79 Å². The van der Waals surface area contributed by atoms with E-state index in [1.54, 1.807) is 19.0 Å². The molecule has 1 atom stereocenters. The number of halogens is 1. The van der Waals surface area contributed by atoms with Gasteiger partial charge in [0, 0.05) is 40.3 Å². The molecule has 0 radical (unpaired) electrons. The van der Waals surface area contributed by atoms with Crippen LogP contribution in [0.3, 0.4) is 0 Å². The molecule has 0 aromatic heterocycles. The van der Waals surface area contributed by atoms with Crippen molar-refractivity contribution in [1.29, 1.82) is 0 Å². The van der Waals surface area contributed by atoms with Crippen molar-refractivity contribution < 1.29 is 14.3 Å². The van der Waals surface area contributed by atoms with Crippen molar-refractivity contribution in [3.8, 4) is 0 Å². The number of guanidine groups is 1. The quantitative estimate of drug-likeness (QED) is 0.235. The predicted octanol–water partition coefficient (Wildman–Crippen LogP) is 2.49. The molecule has 2 aliphatic rings. The van der Waals surface area contributed by atoms with Crippen LogP contribution >= 0.6 is 24.0 Å². The summed E-state index contributed by atoms with van der Waals surface area (Å²) in [5.41, 5.74) is 0. The average molecular weight is 510 g/mol. The number of nitrogens with one attached hydrogen (secondary N) is 1. The average Bonchev–Trinajstić information content (AvgIpc) is 2.70. The van der Waals surface area contributed by atoms with Crippen LogP contribution < -0.4 is 5.32 Å². The van der Waals surface area contributed by atoms with Crippen molar-refractivity contribution in [2.24, 2.45) is 4.99 Å². The lowest BCUT2D eigenvalue weighted by Crippen LogP contribution is -2.48. The Labute approximate surface area is 187 Å². The number of nitrogens with zero attached hydrogens (tertiary/aromatic N) is 3. The topological polar surface area (TPSA) is 66.4 Å². The number of amides is 1. The van der Waals surface area contributed by atoms with Crippen molar-refractivity contribution in [3.05, 3.63) is 0 Å². The molecular weight excluding hydrogens is 471 g/mol. The first-order valence-electron chi connectivity index (χ1n) is 10.6. The molecule has 2 saturated heterocycles. The lowest BCUT2D eigenvalue weighted by Gasteiger charge is -2.35. The summed E-state index contributed by atoms with van der Waals surface area (Å²) < 4.78 is 11.9. The summed E-state index contributed by atoms with van der Waals surface area (Å²) in [6, 6.07) is 0. The number of hydrogen-bond donors (Lipinski definition) is 1. The molecular formula is C20H39IN4O3. The number of rotatable bonds is 8. The molecule has 2 aliphatic heterocycles. The number of ether oxygens (including phenoxy) is 2. The standard InChI is InChI=1S/C20H38N4O3.HI/c1-4-5-11-21-20(22-15-19(25)23(2)3)24-12-9-17(10-13-24)27-16-18-8-6-7-14-26-18;/h17-18H,4-16H2,1-3H3,(H,21,22);1H. The molecule has 7 nitrogen and oxygen atoms in total. The number of carbonyl (C=O) groups excluding carboxylic acids is 1. The van der Waals surface area contributed by atoms with Crippen LogP contribution in [0.1, 0.15) is 51.9 Å². The molecule has 2 fully saturated rings. The van der Waals surface area contributed by atoms with Gasteiger partial charge in [0.1, 0.15) is 6.54 Å². The second-order valence-corrected chi connectivity index (χ2v) is 7.72. The molecule has 28 heavy (non-hydrogen) atoms. The highest BCUT2D eigenvalue weighted by atomic mass is 127. The maximum atomic E-state index is 11.9. The smallest absolute Gasteiger partial charge is 0.243 e. The van der Waals surface area contributed by atoms with Crippen molar-refractivity contribution in [1.82, 2.24) is 15.1 Å². The van der Waals surface area contributed by atoms with Crippen LogP contribution in [-0.2, 0) is 14.3 Å². The van der Waals surface area contributed by atoms with E-state index in [0.29, 0.717) is 6.10 Å². The van der Waals surface area contributed by atoms with E-state index in [1.165, 1.54) is 12.8 Å². The van der Waals surface area contributed by atoms with E-state index in [4.69, 9.17) is 9.47 Å². The first-order valence-corrected chi connectivity index (χ1v) is 10.6. The summed E-state index contributed by atoms with van der Waals surface area (Å²) in [5, 5.41) is 3.43. The lowest BCUT2D eigenvalue weighted by atomic mass is 10.1. The van der Waals surface area contributed by atoms with Gasteiger partial charge in [-0.05, 0) is 38.5 Å². The minimum atomic E-state index is 0. The third kappa shape index (κ3) is 9.26. The molecule has 164 valence electrons. The van der Waals surface area contributed by atoms with Gasteiger partial charge in [-0.15, -0.1) is 24.0 Å². The van der Waals surface area contributed by atoms with Gasteiger partial charge in [-0.1, -0.05) is 13.3 Å². The molecule has 8 heteroatoms. The number of likely N-dealkylation sites (N-methyl/N-ethyl adjacent to an activating group) is 1. The van der Waals surface area contributed by atoms with E-state index in [0.717, 1.165) is 70.9 Å². The predicted molar refractivity (Wildman–Crippen MR) is 123 cm³/mol. The van der Waals surface area contributed by atoms with Crippen molar-refractivity contribution >= 4 is 35.8 Å². The summed E-state index contributed by atoms with van der Waals surface area (Å²) in [4.78, 5) is 20.3. The zero-order valence-corrected chi connectivity index (χ0v) is 20.2. The maximum Gasteiger partial charge on any atom is 0.243 e. The van der Waals surface area contributed by atoms with E-state index in [-0.39, 0.29) is 42.5 Å². The van der Waals surface area contributed by atoms with Gasteiger partial charge < -0.3 is 24.6 Å². The van der Waals surface area contributed by atoms with Gasteiger partial charge in [-0.3, -0.25) is 4.79 Å². The number of hydrogen-bond acceptors (Lipinski definition) is 4. The van der Waals surface area contributed by atoms with Gasteiger partial charge in [-0.2, -0.15) is 0 Å². The van der Waals surface area contributed by atoms with Gasteiger partial charge in [0.2, 0.25) is 5.91 Å². The largest absolute Gasteiger partial charge is 0.376 e. The Hall–Kier alpha value is -0.610. The highest BCUT2D eigenvalue weighted by molar-refractivity contribution is 14.0.